The fourth-order valence-electron chi connectivity index (χ4n) is 1.83. The zero-order valence-corrected chi connectivity index (χ0v) is 14.8. The number of rotatable bonds is 8. The van der Waals surface area contributed by atoms with E-state index in [1.54, 1.807) is 13.8 Å². The quantitative estimate of drug-likeness (QED) is 0.758. The summed E-state index contributed by atoms with van der Waals surface area (Å²) in [5.41, 5.74) is 1.13. The molecule has 118 valence electrons. The van der Waals surface area contributed by atoms with Crippen LogP contribution in [0.5, 0.6) is 5.75 Å². The van der Waals surface area contributed by atoms with Gasteiger partial charge in [-0.25, -0.2) is 8.42 Å². The van der Waals surface area contributed by atoms with Gasteiger partial charge in [-0.1, -0.05) is 15.9 Å². The maximum absolute atomic E-state index is 11.7. The minimum Gasteiger partial charge on any atom is -0.493 e. The monoisotopic (exact) mass is 375 g/mol. The van der Waals surface area contributed by atoms with Crippen LogP contribution in [0.25, 0.3) is 0 Å². The second-order valence-corrected chi connectivity index (χ2v) is 9.20. The van der Waals surface area contributed by atoms with Gasteiger partial charge in [-0.15, -0.1) is 0 Å². The van der Waals surface area contributed by atoms with E-state index in [1.165, 1.54) is 12.8 Å². The van der Waals surface area contributed by atoms with Gasteiger partial charge in [0.15, 0.2) is 9.84 Å². The van der Waals surface area contributed by atoms with Crippen LogP contribution in [0, 0.1) is 0 Å². The molecule has 0 unspecified atom stereocenters. The first-order chi connectivity index (χ1) is 9.88. The fraction of sp³-hybridized carbons (Fsp3) is 0.600. The molecule has 0 heterocycles. The number of ether oxygens (including phenoxy) is 1. The summed E-state index contributed by atoms with van der Waals surface area (Å²) in [7, 11) is -3.05. The minimum atomic E-state index is -3.05. The van der Waals surface area contributed by atoms with Crippen LogP contribution in [0.4, 0.5) is 0 Å². The lowest BCUT2D eigenvalue weighted by molar-refractivity contribution is 0.340. The summed E-state index contributed by atoms with van der Waals surface area (Å²) in [6.45, 7) is 4.37. The van der Waals surface area contributed by atoms with Gasteiger partial charge in [-0.2, -0.15) is 0 Å². The molecule has 0 aliphatic heterocycles. The molecule has 4 nitrogen and oxygen atoms in total. The molecule has 1 aliphatic carbocycles. The second-order valence-electron chi connectivity index (χ2n) is 5.67. The molecule has 1 aromatic carbocycles. The minimum absolute atomic E-state index is 0.0520. The smallest absolute Gasteiger partial charge is 0.155 e. The fourth-order valence-corrected chi connectivity index (χ4v) is 3.00. The van der Waals surface area contributed by atoms with Crippen molar-refractivity contribution in [3.8, 4) is 5.75 Å². The lowest BCUT2D eigenvalue weighted by Crippen LogP contribution is -2.22. The van der Waals surface area contributed by atoms with Crippen LogP contribution in [-0.2, 0) is 16.4 Å². The Morgan fingerprint density at radius 3 is 2.71 bits per heavy atom. The highest BCUT2D eigenvalue weighted by molar-refractivity contribution is 9.10. The maximum atomic E-state index is 11.7. The van der Waals surface area contributed by atoms with Crippen molar-refractivity contribution >= 4 is 25.8 Å². The van der Waals surface area contributed by atoms with Crippen molar-refractivity contribution in [1.29, 1.82) is 0 Å². The summed E-state index contributed by atoms with van der Waals surface area (Å²) in [4.78, 5) is 0. The second kappa shape index (κ2) is 7.11. The number of hydrogen-bond donors (Lipinski definition) is 1. The van der Waals surface area contributed by atoms with Crippen molar-refractivity contribution in [3.05, 3.63) is 28.2 Å². The molecule has 1 N–H and O–H groups in total. The molecule has 0 bridgehead atoms. The lowest BCUT2D eigenvalue weighted by Gasteiger charge is -2.12. The molecule has 1 aliphatic rings. The van der Waals surface area contributed by atoms with E-state index in [1.807, 2.05) is 18.2 Å². The van der Waals surface area contributed by atoms with E-state index in [2.05, 4.69) is 21.2 Å². The Hall–Kier alpha value is -0.590. The van der Waals surface area contributed by atoms with Gasteiger partial charge in [0.25, 0.3) is 0 Å². The van der Waals surface area contributed by atoms with E-state index in [-0.39, 0.29) is 17.6 Å². The average Bonchev–Trinajstić information content (AvgIpc) is 3.23. The normalized spacial score (nSPS) is 15.4. The third-order valence-corrected chi connectivity index (χ3v) is 6.48. The largest absolute Gasteiger partial charge is 0.493 e. The van der Waals surface area contributed by atoms with Crippen molar-refractivity contribution in [1.82, 2.24) is 5.32 Å². The molecule has 0 aromatic heterocycles. The van der Waals surface area contributed by atoms with Gasteiger partial charge in [-0.05, 0) is 50.5 Å². The molecule has 0 atom stereocenters. The van der Waals surface area contributed by atoms with Gasteiger partial charge >= 0.3 is 0 Å². The first-order valence-corrected chi connectivity index (χ1v) is 9.75. The topological polar surface area (TPSA) is 55.4 Å². The predicted molar refractivity (Wildman–Crippen MR) is 88.4 cm³/mol. The molecule has 0 saturated heterocycles. The van der Waals surface area contributed by atoms with Crippen molar-refractivity contribution < 1.29 is 13.2 Å². The van der Waals surface area contributed by atoms with Crippen molar-refractivity contribution in [3.63, 3.8) is 0 Å². The van der Waals surface area contributed by atoms with Gasteiger partial charge in [-0.3, -0.25) is 0 Å². The Balaban J connectivity index is 1.89. The molecule has 0 spiro atoms. The summed E-state index contributed by atoms with van der Waals surface area (Å²) >= 11 is 3.53. The van der Waals surface area contributed by atoms with E-state index in [4.69, 9.17) is 4.74 Å². The van der Waals surface area contributed by atoms with Gasteiger partial charge < -0.3 is 10.1 Å². The average molecular weight is 376 g/mol. The van der Waals surface area contributed by atoms with E-state index in [9.17, 15) is 8.42 Å². The third-order valence-electron chi connectivity index (χ3n) is 3.53. The van der Waals surface area contributed by atoms with Gasteiger partial charge in [0.05, 0.1) is 11.0 Å². The van der Waals surface area contributed by atoms with Crippen molar-refractivity contribution in [2.24, 2.45) is 0 Å². The molecular weight excluding hydrogens is 354 g/mol. The van der Waals surface area contributed by atoms with Crippen LogP contribution in [0.2, 0.25) is 0 Å². The van der Waals surface area contributed by atoms with Crippen LogP contribution in [0.3, 0.4) is 0 Å². The molecule has 6 heteroatoms. The van der Waals surface area contributed by atoms with Crippen LogP contribution >= 0.6 is 15.9 Å². The van der Waals surface area contributed by atoms with Crippen molar-refractivity contribution in [2.75, 3.05) is 12.4 Å². The van der Waals surface area contributed by atoms with E-state index in [0.717, 1.165) is 16.6 Å². The first kappa shape index (κ1) is 16.8. The van der Waals surface area contributed by atoms with Crippen molar-refractivity contribution in [2.45, 2.75) is 44.5 Å². The summed E-state index contributed by atoms with van der Waals surface area (Å²) in [6.07, 6.45) is 2.50. The summed E-state index contributed by atoms with van der Waals surface area (Å²) in [5.74, 6) is 0.765. The third kappa shape index (κ3) is 5.27. The predicted octanol–water partition coefficient (Wildman–Crippen LogP) is 2.90. The Morgan fingerprint density at radius 1 is 1.38 bits per heavy atom. The molecule has 1 aromatic rings. The number of benzene rings is 1. The van der Waals surface area contributed by atoms with Gasteiger partial charge in [0.1, 0.15) is 12.4 Å². The van der Waals surface area contributed by atoms with E-state index < -0.39 is 9.84 Å². The SMILES string of the molecule is CC(C)S(=O)(=O)CCOc1ccc(Br)c(CNC2CC2)c1. The Kier molecular flexibility index (Phi) is 5.68. The maximum Gasteiger partial charge on any atom is 0.155 e. The highest BCUT2D eigenvalue weighted by atomic mass is 79.9. The van der Waals surface area contributed by atoms with Crippen LogP contribution in [0.15, 0.2) is 22.7 Å². The Labute approximate surface area is 135 Å². The number of sulfone groups is 1. The molecule has 2 rings (SSSR count). The zero-order valence-electron chi connectivity index (χ0n) is 12.4. The standard InChI is InChI=1S/C15H22BrNO3S/c1-11(2)21(18,19)8-7-20-14-5-6-15(16)12(9-14)10-17-13-3-4-13/h5-6,9,11,13,17H,3-4,7-8,10H2,1-2H3. The van der Waals surface area contributed by atoms with Gasteiger partial charge in [0, 0.05) is 17.1 Å². The first-order valence-electron chi connectivity index (χ1n) is 7.24. The zero-order chi connectivity index (χ0) is 15.5. The summed E-state index contributed by atoms with van der Waals surface area (Å²) in [6, 6.07) is 6.40. The number of nitrogens with one attached hydrogen (secondary N) is 1. The molecule has 1 saturated carbocycles. The number of halogens is 1. The molecular formula is C15H22BrNO3S. The summed E-state index contributed by atoms with van der Waals surface area (Å²) < 4.78 is 30.1. The van der Waals surface area contributed by atoms with Gasteiger partial charge in [0.2, 0.25) is 0 Å². The molecule has 0 amide bonds. The Morgan fingerprint density at radius 2 is 2.10 bits per heavy atom. The van der Waals surface area contributed by atoms with E-state index >= 15 is 0 Å². The summed E-state index contributed by atoms with van der Waals surface area (Å²) in [5, 5.41) is 3.10. The highest BCUT2D eigenvalue weighted by Gasteiger charge is 2.20. The number of hydrogen-bond acceptors (Lipinski definition) is 4. The molecule has 0 radical (unpaired) electrons. The van der Waals surface area contributed by atoms with E-state index in [0.29, 0.717) is 11.8 Å². The molecule has 1 fully saturated rings. The Bertz CT molecular complexity index is 583. The lowest BCUT2D eigenvalue weighted by atomic mass is 10.2. The van der Waals surface area contributed by atoms with Crippen LogP contribution in [0.1, 0.15) is 32.3 Å². The molecule has 21 heavy (non-hydrogen) atoms. The highest BCUT2D eigenvalue weighted by Crippen LogP contribution is 2.25. The van der Waals surface area contributed by atoms with Crippen LogP contribution < -0.4 is 10.1 Å². The van der Waals surface area contributed by atoms with Crippen LogP contribution in [-0.4, -0.2) is 32.1 Å².